The van der Waals surface area contributed by atoms with Gasteiger partial charge in [-0.1, -0.05) is 12.1 Å². The Balaban J connectivity index is 2.19. The molecule has 0 amide bonds. The van der Waals surface area contributed by atoms with Crippen molar-refractivity contribution in [1.29, 1.82) is 0 Å². The average Bonchev–Trinajstić information content (AvgIpc) is 2.96. The number of fused-ring (bicyclic) bond motifs is 1. The third kappa shape index (κ3) is 2.22. The van der Waals surface area contributed by atoms with Crippen LogP contribution in [0.1, 0.15) is 0 Å². The number of benzene rings is 2. The van der Waals surface area contributed by atoms with Crippen LogP contribution in [0.2, 0.25) is 0 Å². The minimum atomic E-state index is -0.427. The summed E-state index contributed by atoms with van der Waals surface area (Å²) >= 11 is 0. The molecule has 0 aliphatic rings. The molecule has 0 aliphatic carbocycles. The van der Waals surface area contributed by atoms with Gasteiger partial charge in [0.25, 0.3) is 5.69 Å². The van der Waals surface area contributed by atoms with Crippen LogP contribution in [-0.2, 0) is 0 Å². The number of nitro groups is 1. The lowest BCUT2D eigenvalue weighted by Crippen LogP contribution is -1.92. The van der Waals surface area contributed by atoms with Crippen molar-refractivity contribution in [3.05, 3.63) is 46.5 Å². The van der Waals surface area contributed by atoms with Crippen molar-refractivity contribution in [2.24, 2.45) is 0 Å². The predicted octanol–water partition coefficient (Wildman–Crippen LogP) is 3.16. The van der Waals surface area contributed by atoms with E-state index in [1.807, 2.05) is 0 Å². The van der Waals surface area contributed by atoms with E-state index in [0.29, 0.717) is 33.9 Å². The number of nitrogens with zero attached hydrogens (tertiary/aromatic N) is 2. The molecular weight excluding hydrogens is 286 g/mol. The van der Waals surface area contributed by atoms with Gasteiger partial charge in [-0.25, -0.2) is 4.98 Å². The largest absolute Gasteiger partial charge is 0.493 e. The number of hydrogen-bond donors (Lipinski definition) is 1. The summed E-state index contributed by atoms with van der Waals surface area (Å²) in [6.07, 6.45) is 0. The zero-order chi connectivity index (χ0) is 15.7. The molecule has 1 N–H and O–H groups in total. The van der Waals surface area contributed by atoms with Crippen molar-refractivity contribution in [1.82, 2.24) is 9.97 Å². The molecular formula is C15H13N3O4. The van der Waals surface area contributed by atoms with Gasteiger partial charge in [-0.05, 0) is 6.07 Å². The van der Waals surface area contributed by atoms with Gasteiger partial charge in [0.15, 0.2) is 11.5 Å². The molecule has 0 radical (unpaired) electrons. The van der Waals surface area contributed by atoms with Crippen LogP contribution in [0.4, 0.5) is 5.69 Å². The van der Waals surface area contributed by atoms with Crippen LogP contribution in [-0.4, -0.2) is 29.1 Å². The molecule has 1 heterocycles. The number of nitro benzene ring substituents is 1. The standard InChI is InChI=1S/C15H13N3O4/c1-21-13-7-10-11(8-14(13)22-2)17-15(16-10)9-5-3-4-6-12(9)18(19)20/h3-8H,1-2H3,(H,16,17). The van der Waals surface area contributed by atoms with E-state index in [-0.39, 0.29) is 5.69 Å². The number of rotatable bonds is 4. The van der Waals surface area contributed by atoms with E-state index in [1.54, 1.807) is 44.6 Å². The van der Waals surface area contributed by atoms with Gasteiger partial charge in [-0.15, -0.1) is 0 Å². The van der Waals surface area contributed by atoms with Gasteiger partial charge in [0, 0.05) is 18.2 Å². The van der Waals surface area contributed by atoms with E-state index in [2.05, 4.69) is 9.97 Å². The lowest BCUT2D eigenvalue weighted by Gasteiger charge is -2.06. The number of nitrogens with one attached hydrogen (secondary N) is 1. The normalized spacial score (nSPS) is 10.6. The second kappa shape index (κ2) is 5.36. The Labute approximate surface area is 125 Å². The lowest BCUT2D eigenvalue weighted by atomic mass is 10.2. The molecule has 0 atom stereocenters. The lowest BCUT2D eigenvalue weighted by molar-refractivity contribution is -0.384. The molecule has 1 aromatic heterocycles. The Morgan fingerprint density at radius 1 is 1.14 bits per heavy atom. The van der Waals surface area contributed by atoms with Crippen LogP contribution in [0.15, 0.2) is 36.4 Å². The highest BCUT2D eigenvalue weighted by molar-refractivity contribution is 5.84. The maximum atomic E-state index is 11.1. The first-order valence-corrected chi connectivity index (χ1v) is 6.49. The summed E-state index contributed by atoms with van der Waals surface area (Å²) in [4.78, 5) is 18.2. The van der Waals surface area contributed by atoms with Crippen LogP contribution in [0.3, 0.4) is 0 Å². The molecule has 112 valence electrons. The van der Waals surface area contributed by atoms with E-state index in [9.17, 15) is 10.1 Å². The molecule has 3 rings (SSSR count). The second-order valence-corrected chi connectivity index (χ2v) is 4.58. The van der Waals surface area contributed by atoms with Crippen LogP contribution < -0.4 is 9.47 Å². The van der Waals surface area contributed by atoms with Crippen molar-refractivity contribution >= 4 is 16.7 Å². The maximum Gasteiger partial charge on any atom is 0.280 e. The summed E-state index contributed by atoms with van der Waals surface area (Å²) in [7, 11) is 3.09. The van der Waals surface area contributed by atoms with Crippen molar-refractivity contribution in [3.63, 3.8) is 0 Å². The number of para-hydroxylation sites is 1. The molecule has 0 fully saturated rings. The average molecular weight is 299 g/mol. The van der Waals surface area contributed by atoms with Crippen molar-refractivity contribution in [2.75, 3.05) is 14.2 Å². The molecule has 0 saturated heterocycles. The third-order valence-corrected chi connectivity index (χ3v) is 3.34. The molecule has 0 unspecified atom stereocenters. The molecule has 0 spiro atoms. The van der Waals surface area contributed by atoms with E-state index < -0.39 is 4.92 Å². The number of aromatic nitrogens is 2. The van der Waals surface area contributed by atoms with Crippen LogP contribution in [0, 0.1) is 10.1 Å². The van der Waals surface area contributed by atoms with Gasteiger partial charge < -0.3 is 14.5 Å². The smallest absolute Gasteiger partial charge is 0.280 e. The minimum absolute atomic E-state index is 0.000450. The molecule has 0 bridgehead atoms. The Hall–Kier alpha value is -3.09. The van der Waals surface area contributed by atoms with Gasteiger partial charge >= 0.3 is 0 Å². The van der Waals surface area contributed by atoms with E-state index >= 15 is 0 Å². The third-order valence-electron chi connectivity index (χ3n) is 3.34. The number of imidazole rings is 1. The van der Waals surface area contributed by atoms with Crippen molar-refractivity contribution in [2.45, 2.75) is 0 Å². The van der Waals surface area contributed by atoms with Crippen LogP contribution in [0.25, 0.3) is 22.4 Å². The molecule has 7 nitrogen and oxygen atoms in total. The highest BCUT2D eigenvalue weighted by atomic mass is 16.6. The first-order chi connectivity index (χ1) is 10.6. The number of aromatic amines is 1. The summed E-state index contributed by atoms with van der Waals surface area (Å²) in [5.74, 6) is 1.54. The molecule has 7 heteroatoms. The monoisotopic (exact) mass is 299 g/mol. The predicted molar refractivity (Wildman–Crippen MR) is 81.3 cm³/mol. The number of H-pyrrole nitrogens is 1. The topological polar surface area (TPSA) is 90.3 Å². The second-order valence-electron chi connectivity index (χ2n) is 4.58. The fraction of sp³-hybridized carbons (Fsp3) is 0.133. The number of methoxy groups -OCH3 is 2. The summed E-state index contributed by atoms with van der Waals surface area (Å²) < 4.78 is 10.5. The first-order valence-electron chi connectivity index (χ1n) is 6.49. The molecule has 0 saturated carbocycles. The number of ether oxygens (including phenoxy) is 2. The van der Waals surface area contributed by atoms with Crippen molar-refractivity contribution in [3.8, 4) is 22.9 Å². The van der Waals surface area contributed by atoms with Crippen LogP contribution in [0.5, 0.6) is 11.5 Å². The molecule has 22 heavy (non-hydrogen) atoms. The Morgan fingerprint density at radius 2 is 1.82 bits per heavy atom. The molecule has 0 aliphatic heterocycles. The summed E-state index contributed by atoms with van der Waals surface area (Å²) in [6, 6.07) is 9.93. The number of hydrogen-bond acceptors (Lipinski definition) is 5. The molecule has 2 aromatic carbocycles. The zero-order valence-corrected chi connectivity index (χ0v) is 12.0. The zero-order valence-electron chi connectivity index (χ0n) is 12.0. The fourth-order valence-corrected chi connectivity index (χ4v) is 2.30. The van der Waals surface area contributed by atoms with E-state index in [0.717, 1.165) is 0 Å². The Bertz CT molecular complexity index is 816. The SMILES string of the molecule is COc1cc2nc(-c3ccccc3[N+](=O)[O-])[nH]c2cc1OC. The summed E-state index contributed by atoms with van der Waals surface area (Å²) in [6.45, 7) is 0. The Morgan fingerprint density at radius 3 is 2.50 bits per heavy atom. The summed E-state index contributed by atoms with van der Waals surface area (Å²) in [5, 5.41) is 11.1. The van der Waals surface area contributed by atoms with Gasteiger partial charge in [-0.2, -0.15) is 0 Å². The van der Waals surface area contributed by atoms with E-state index in [4.69, 9.17) is 9.47 Å². The van der Waals surface area contributed by atoms with Gasteiger partial charge in [0.1, 0.15) is 5.82 Å². The van der Waals surface area contributed by atoms with Gasteiger partial charge in [0.2, 0.25) is 0 Å². The highest BCUT2D eigenvalue weighted by Gasteiger charge is 2.18. The first kappa shape index (κ1) is 13.9. The highest BCUT2D eigenvalue weighted by Crippen LogP contribution is 2.34. The Kier molecular flexibility index (Phi) is 3.38. The quantitative estimate of drug-likeness (QED) is 0.590. The summed E-state index contributed by atoms with van der Waals surface area (Å²) in [5.41, 5.74) is 1.79. The van der Waals surface area contributed by atoms with Crippen molar-refractivity contribution < 1.29 is 14.4 Å². The van der Waals surface area contributed by atoms with Gasteiger partial charge in [-0.3, -0.25) is 10.1 Å². The van der Waals surface area contributed by atoms with Gasteiger partial charge in [0.05, 0.1) is 35.7 Å². The molecule has 3 aromatic rings. The maximum absolute atomic E-state index is 11.1. The van der Waals surface area contributed by atoms with Crippen LogP contribution >= 0.6 is 0 Å². The fourth-order valence-electron chi connectivity index (χ4n) is 2.30. The van der Waals surface area contributed by atoms with E-state index in [1.165, 1.54) is 6.07 Å². The minimum Gasteiger partial charge on any atom is -0.493 e.